The number of benzene rings is 1. The van der Waals surface area contributed by atoms with Gasteiger partial charge < -0.3 is 19.3 Å². The molecule has 1 fully saturated rings. The fourth-order valence-corrected chi connectivity index (χ4v) is 3.16. The van der Waals surface area contributed by atoms with Crippen molar-refractivity contribution >= 4 is 6.29 Å². The topological polar surface area (TPSA) is 77.9 Å². The highest BCUT2D eigenvalue weighted by molar-refractivity contribution is 5.83. The number of pyridine rings is 1. The molecule has 2 unspecified atom stereocenters. The number of hydrogen-bond donors (Lipinski definition) is 1. The Morgan fingerprint density at radius 3 is 3.04 bits per heavy atom. The molecule has 0 amide bonds. The number of nitrogens with zero attached hydrogens (tertiary/aromatic N) is 1. The zero-order valence-electron chi connectivity index (χ0n) is 14.1. The van der Waals surface area contributed by atoms with E-state index in [-0.39, 0.29) is 23.1 Å². The summed E-state index contributed by atoms with van der Waals surface area (Å²) in [5.74, 6) is 1.18. The molecule has 1 aromatic heterocycles. The first kappa shape index (κ1) is 17.2. The second kappa shape index (κ2) is 7.98. The van der Waals surface area contributed by atoms with Crippen LogP contribution in [0.3, 0.4) is 0 Å². The molecular weight excluding hydrogens is 322 g/mol. The van der Waals surface area contributed by atoms with E-state index in [0.29, 0.717) is 37.7 Å². The Labute approximate surface area is 146 Å². The number of aldehydes is 1. The van der Waals surface area contributed by atoms with Gasteiger partial charge in [0.2, 0.25) is 5.88 Å². The fourth-order valence-electron chi connectivity index (χ4n) is 3.16. The summed E-state index contributed by atoms with van der Waals surface area (Å²) in [5.41, 5.74) is 1.16. The molecule has 0 saturated carbocycles. The average Bonchev–Trinajstić information content (AvgIpc) is 2.66. The van der Waals surface area contributed by atoms with Crippen molar-refractivity contribution in [2.45, 2.75) is 12.3 Å². The molecule has 0 bridgehead atoms. The van der Waals surface area contributed by atoms with E-state index < -0.39 is 0 Å². The van der Waals surface area contributed by atoms with E-state index in [1.807, 2.05) is 12.1 Å². The van der Waals surface area contributed by atoms with E-state index >= 15 is 0 Å². The van der Waals surface area contributed by atoms with E-state index in [4.69, 9.17) is 14.2 Å². The van der Waals surface area contributed by atoms with Crippen LogP contribution < -0.4 is 9.47 Å². The van der Waals surface area contributed by atoms with Crippen LogP contribution in [0.25, 0.3) is 0 Å². The highest BCUT2D eigenvalue weighted by Crippen LogP contribution is 2.36. The zero-order valence-corrected chi connectivity index (χ0v) is 14.1. The Morgan fingerprint density at radius 1 is 1.36 bits per heavy atom. The minimum atomic E-state index is -0.0787. The molecular formula is C19H21NO5. The zero-order chi connectivity index (χ0) is 17.6. The molecule has 1 N–H and O–H groups in total. The SMILES string of the molecule is COc1ncccc1C1COCCC1COc1cccc(O)c1C=O. The molecule has 132 valence electrons. The van der Waals surface area contributed by atoms with Gasteiger partial charge in [0.1, 0.15) is 11.5 Å². The fraction of sp³-hybridized carbons (Fsp3) is 0.368. The number of hydrogen-bond acceptors (Lipinski definition) is 6. The lowest BCUT2D eigenvalue weighted by molar-refractivity contribution is 0.0293. The molecule has 2 heterocycles. The summed E-state index contributed by atoms with van der Waals surface area (Å²) < 4.78 is 16.9. The Morgan fingerprint density at radius 2 is 2.24 bits per heavy atom. The number of ether oxygens (including phenoxy) is 3. The van der Waals surface area contributed by atoms with Crippen LogP contribution in [0.5, 0.6) is 17.4 Å². The number of methoxy groups -OCH3 is 1. The molecule has 0 aliphatic carbocycles. The summed E-state index contributed by atoms with van der Waals surface area (Å²) in [6.45, 7) is 1.64. The average molecular weight is 343 g/mol. The van der Waals surface area contributed by atoms with Gasteiger partial charge in [-0.15, -0.1) is 0 Å². The van der Waals surface area contributed by atoms with E-state index in [2.05, 4.69) is 4.98 Å². The van der Waals surface area contributed by atoms with Gasteiger partial charge in [-0.05, 0) is 24.6 Å². The third-order valence-electron chi connectivity index (χ3n) is 4.51. The molecule has 1 aromatic carbocycles. The van der Waals surface area contributed by atoms with Gasteiger partial charge in [0.25, 0.3) is 0 Å². The number of phenolic OH excluding ortho intramolecular Hbond substituents is 1. The number of carbonyl (C=O) groups excluding carboxylic acids is 1. The van der Waals surface area contributed by atoms with Crippen LogP contribution >= 0.6 is 0 Å². The number of rotatable bonds is 6. The lowest BCUT2D eigenvalue weighted by Gasteiger charge is -2.32. The molecule has 3 rings (SSSR count). The first-order valence-electron chi connectivity index (χ1n) is 8.21. The molecule has 6 nitrogen and oxygen atoms in total. The molecule has 1 saturated heterocycles. The van der Waals surface area contributed by atoms with Crippen molar-refractivity contribution in [1.29, 1.82) is 0 Å². The van der Waals surface area contributed by atoms with Crippen LogP contribution in [-0.2, 0) is 4.74 Å². The van der Waals surface area contributed by atoms with Gasteiger partial charge in [0.15, 0.2) is 6.29 Å². The highest BCUT2D eigenvalue weighted by Gasteiger charge is 2.30. The number of phenols is 1. The predicted molar refractivity (Wildman–Crippen MR) is 91.4 cm³/mol. The second-order valence-electron chi connectivity index (χ2n) is 5.95. The van der Waals surface area contributed by atoms with Gasteiger partial charge in [-0.1, -0.05) is 12.1 Å². The number of aromatic hydroxyl groups is 1. The van der Waals surface area contributed by atoms with Crippen molar-refractivity contribution in [2.24, 2.45) is 5.92 Å². The maximum atomic E-state index is 11.2. The van der Waals surface area contributed by atoms with E-state index in [0.717, 1.165) is 12.0 Å². The Balaban J connectivity index is 1.78. The normalized spacial score (nSPS) is 20.0. The third-order valence-corrected chi connectivity index (χ3v) is 4.51. The minimum absolute atomic E-state index is 0.0787. The van der Waals surface area contributed by atoms with Gasteiger partial charge in [0, 0.05) is 30.2 Å². The predicted octanol–water partition coefficient (Wildman–Crippen LogP) is 2.81. The van der Waals surface area contributed by atoms with Gasteiger partial charge in [-0.2, -0.15) is 0 Å². The van der Waals surface area contributed by atoms with E-state index in [9.17, 15) is 9.90 Å². The monoisotopic (exact) mass is 343 g/mol. The summed E-state index contributed by atoms with van der Waals surface area (Å²) in [5, 5.41) is 9.77. The largest absolute Gasteiger partial charge is 0.507 e. The Kier molecular flexibility index (Phi) is 5.50. The van der Waals surface area contributed by atoms with Crippen LogP contribution in [0.2, 0.25) is 0 Å². The van der Waals surface area contributed by atoms with Gasteiger partial charge in [-0.25, -0.2) is 4.98 Å². The smallest absolute Gasteiger partial charge is 0.216 e. The van der Waals surface area contributed by atoms with E-state index in [1.165, 1.54) is 6.07 Å². The molecule has 6 heteroatoms. The van der Waals surface area contributed by atoms with Crippen LogP contribution in [0.1, 0.15) is 28.3 Å². The number of carbonyl (C=O) groups is 1. The molecule has 0 spiro atoms. The third kappa shape index (κ3) is 3.74. The Bertz CT molecular complexity index is 734. The standard InChI is InChI=1S/C19H21NO5/c1-23-19-14(4-3-8-20-19)16-12-24-9-7-13(16)11-25-18-6-2-5-17(22)15(18)10-21/h2-6,8,10,13,16,22H,7,9,11-12H2,1H3. The van der Waals surface area contributed by atoms with Crippen molar-refractivity contribution in [1.82, 2.24) is 4.98 Å². The maximum absolute atomic E-state index is 11.2. The van der Waals surface area contributed by atoms with Crippen LogP contribution in [0.15, 0.2) is 36.5 Å². The van der Waals surface area contributed by atoms with Gasteiger partial charge in [-0.3, -0.25) is 4.79 Å². The second-order valence-corrected chi connectivity index (χ2v) is 5.95. The quantitative estimate of drug-likeness (QED) is 0.813. The first-order valence-corrected chi connectivity index (χ1v) is 8.21. The van der Waals surface area contributed by atoms with Crippen molar-refractivity contribution in [3.63, 3.8) is 0 Å². The first-order chi connectivity index (χ1) is 12.2. The van der Waals surface area contributed by atoms with Gasteiger partial charge >= 0.3 is 0 Å². The molecule has 0 radical (unpaired) electrons. The lowest BCUT2D eigenvalue weighted by atomic mass is 9.84. The maximum Gasteiger partial charge on any atom is 0.216 e. The van der Waals surface area contributed by atoms with Crippen LogP contribution in [0, 0.1) is 5.92 Å². The highest BCUT2D eigenvalue weighted by atomic mass is 16.5. The summed E-state index contributed by atoms with van der Waals surface area (Å²) in [6, 6.07) is 8.67. The van der Waals surface area contributed by atoms with Crippen molar-refractivity contribution < 1.29 is 24.1 Å². The summed E-state index contributed by atoms with van der Waals surface area (Å²) >= 11 is 0. The summed E-state index contributed by atoms with van der Waals surface area (Å²) in [4.78, 5) is 15.4. The van der Waals surface area contributed by atoms with Crippen molar-refractivity contribution in [2.75, 3.05) is 26.9 Å². The number of aromatic nitrogens is 1. The molecule has 2 aromatic rings. The van der Waals surface area contributed by atoms with Gasteiger partial charge in [0.05, 0.1) is 25.9 Å². The van der Waals surface area contributed by atoms with Crippen molar-refractivity contribution in [3.05, 3.63) is 47.7 Å². The van der Waals surface area contributed by atoms with Crippen LogP contribution in [-0.4, -0.2) is 43.3 Å². The lowest BCUT2D eigenvalue weighted by Crippen LogP contribution is -2.30. The van der Waals surface area contributed by atoms with E-state index in [1.54, 1.807) is 25.4 Å². The van der Waals surface area contributed by atoms with Crippen molar-refractivity contribution in [3.8, 4) is 17.4 Å². The summed E-state index contributed by atoms with van der Waals surface area (Å²) in [7, 11) is 1.60. The molecule has 25 heavy (non-hydrogen) atoms. The summed E-state index contributed by atoms with van der Waals surface area (Å²) in [6.07, 6.45) is 3.13. The minimum Gasteiger partial charge on any atom is -0.507 e. The Hall–Kier alpha value is -2.60. The molecule has 2 atom stereocenters. The molecule has 1 aliphatic rings. The molecule has 1 aliphatic heterocycles. The van der Waals surface area contributed by atoms with Crippen LogP contribution in [0.4, 0.5) is 0 Å².